The minimum absolute atomic E-state index is 0.255. The molecule has 100 valence electrons. The van der Waals surface area contributed by atoms with Crippen LogP contribution in [0.2, 0.25) is 0 Å². The Morgan fingerprint density at radius 1 is 1.28 bits per heavy atom. The van der Waals surface area contributed by atoms with E-state index in [2.05, 4.69) is 11.8 Å². The van der Waals surface area contributed by atoms with Gasteiger partial charge in [0.05, 0.1) is 6.10 Å². The van der Waals surface area contributed by atoms with Gasteiger partial charge in [-0.1, -0.05) is 31.9 Å². The van der Waals surface area contributed by atoms with E-state index in [0.29, 0.717) is 12.6 Å². The van der Waals surface area contributed by atoms with Gasteiger partial charge in [0.1, 0.15) is 5.82 Å². The molecular formula is C15H22FNO. The molecule has 0 aromatic heterocycles. The molecule has 0 heterocycles. The van der Waals surface area contributed by atoms with Crippen LogP contribution in [0.25, 0.3) is 0 Å². The average molecular weight is 251 g/mol. The maximum atomic E-state index is 12.8. The predicted octanol–water partition coefficient (Wildman–Crippen LogP) is 3.12. The summed E-state index contributed by atoms with van der Waals surface area (Å²) in [6.45, 7) is 3.74. The van der Waals surface area contributed by atoms with Crippen LogP contribution in [0.4, 0.5) is 4.39 Å². The van der Waals surface area contributed by atoms with Crippen LogP contribution in [0.3, 0.4) is 0 Å². The lowest BCUT2D eigenvalue weighted by Gasteiger charge is -2.29. The molecule has 1 aliphatic rings. The molecule has 0 spiro atoms. The summed E-state index contributed by atoms with van der Waals surface area (Å²) in [4.78, 5) is 2.35. The van der Waals surface area contributed by atoms with Gasteiger partial charge in [-0.05, 0) is 37.1 Å². The number of aliphatic hydroxyl groups is 1. The van der Waals surface area contributed by atoms with Crippen LogP contribution in [-0.4, -0.2) is 29.1 Å². The second-order valence-electron chi connectivity index (χ2n) is 5.09. The summed E-state index contributed by atoms with van der Waals surface area (Å²) in [5.41, 5.74) is 0.799. The van der Waals surface area contributed by atoms with Crippen LogP contribution < -0.4 is 0 Å². The Morgan fingerprint density at radius 2 is 1.89 bits per heavy atom. The molecule has 2 rings (SSSR count). The summed E-state index contributed by atoms with van der Waals surface area (Å²) in [6.07, 6.45) is 4.56. The van der Waals surface area contributed by atoms with Crippen molar-refractivity contribution >= 4 is 0 Å². The van der Waals surface area contributed by atoms with Gasteiger partial charge in [-0.15, -0.1) is 0 Å². The summed E-state index contributed by atoms with van der Waals surface area (Å²) in [5, 5.41) is 10.2. The number of nitrogens with zero attached hydrogens (tertiary/aromatic N) is 1. The SMILES string of the molecule is CCN(CC(O)c1ccc(F)cc1)C1CCCC1. The third-order valence-electron chi connectivity index (χ3n) is 3.91. The number of hydrogen-bond acceptors (Lipinski definition) is 2. The molecule has 3 heteroatoms. The Bertz CT molecular complexity index is 359. The summed E-state index contributed by atoms with van der Waals surface area (Å²) >= 11 is 0. The zero-order chi connectivity index (χ0) is 13.0. The first-order chi connectivity index (χ1) is 8.70. The Kier molecular flexibility index (Phi) is 4.72. The van der Waals surface area contributed by atoms with Crippen molar-refractivity contribution in [2.45, 2.75) is 44.8 Å². The highest BCUT2D eigenvalue weighted by molar-refractivity contribution is 5.18. The van der Waals surface area contributed by atoms with Crippen LogP contribution in [-0.2, 0) is 0 Å². The van der Waals surface area contributed by atoms with Gasteiger partial charge in [0.25, 0.3) is 0 Å². The molecule has 1 atom stereocenters. The quantitative estimate of drug-likeness (QED) is 0.869. The largest absolute Gasteiger partial charge is 0.387 e. The fraction of sp³-hybridized carbons (Fsp3) is 0.600. The molecule has 0 bridgehead atoms. The van der Waals surface area contributed by atoms with Crippen molar-refractivity contribution in [3.63, 3.8) is 0 Å². The average Bonchev–Trinajstić information content (AvgIpc) is 2.90. The highest BCUT2D eigenvalue weighted by atomic mass is 19.1. The van der Waals surface area contributed by atoms with E-state index in [9.17, 15) is 9.50 Å². The molecule has 1 aromatic rings. The van der Waals surface area contributed by atoms with E-state index in [0.717, 1.165) is 12.1 Å². The molecule has 0 aliphatic heterocycles. The molecule has 1 unspecified atom stereocenters. The summed E-state index contributed by atoms with van der Waals surface area (Å²) in [6, 6.07) is 6.77. The zero-order valence-electron chi connectivity index (χ0n) is 11.0. The van der Waals surface area contributed by atoms with Gasteiger partial charge in [0.2, 0.25) is 0 Å². The molecule has 1 N–H and O–H groups in total. The second kappa shape index (κ2) is 6.30. The van der Waals surface area contributed by atoms with Crippen LogP contribution in [0.1, 0.15) is 44.3 Å². The lowest BCUT2D eigenvalue weighted by molar-refractivity contribution is 0.0914. The monoisotopic (exact) mass is 251 g/mol. The summed E-state index contributed by atoms with van der Waals surface area (Å²) in [7, 11) is 0. The fourth-order valence-electron chi connectivity index (χ4n) is 2.82. The zero-order valence-corrected chi connectivity index (χ0v) is 11.0. The first-order valence-electron chi connectivity index (χ1n) is 6.88. The molecule has 0 radical (unpaired) electrons. The van der Waals surface area contributed by atoms with Crippen LogP contribution in [0.15, 0.2) is 24.3 Å². The minimum atomic E-state index is -0.522. The molecule has 1 aromatic carbocycles. The first-order valence-corrected chi connectivity index (χ1v) is 6.88. The van der Waals surface area contributed by atoms with Crippen molar-refractivity contribution in [2.75, 3.05) is 13.1 Å². The summed E-state index contributed by atoms with van der Waals surface area (Å²) < 4.78 is 12.8. The Balaban J connectivity index is 1.96. The van der Waals surface area contributed by atoms with E-state index in [-0.39, 0.29) is 5.82 Å². The molecule has 0 amide bonds. The van der Waals surface area contributed by atoms with Gasteiger partial charge in [0, 0.05) is 12.6 Å². The van der Waals surface area contributed by atoms with E-state index in [1.165, 1.54) is 37.8 Å². The van der Waals surface area contributed by atoms with E-state index < -0.39 is 6.10 Å². The van der Waals surface area contributed by atoms with Crippen LogP contribution in [0, 0.1) is 5.82 Å². The smallest absolute Gasteiger partial charge is 0.123 e. The van der Waals surface area contributed by atoms with Gasteiger partial charge in [0.15, 0.2) is 0 Å². The van der Waals surface area contributed by atoms with Gasteiger partial charge < -0.3 is 5.11 Å². The lowest BCUT2D eigenvalue weighted by Crippen LogP contribution is -2.36. The number of likely N-dealkylation sites (N-methyl/N-ethyl adjacent to an activating group) is 1. The van der Waals surface area contributed by atoms with E-state index in [1.807, 2.05) is 0 Å². The maximum Gasteiger partial charge on any atom is 0.123 e. The molecule has 2 nitrogen and oxygen atoms in total. The highest BCUT2D eigenvalue weighted by Crippen LogP contribution is 2.25. The molecule has 1 fully saturated rings. The van der Waals surface area contributed by atoms with Crippen molar-refractivity contribution < 1.29 is 9.50 Å². The third kappa shape index (κ3) is 3.30. The number of rotatable bonds is 5. The Morgan fingerprint density at radius 3 is 2.44 bits per heavy atom. The van der Waals surface area contributed by atoms with Crippen molar-refractivity contribution in [1.29, 1.82) is 0 Å². The van der Waals surface area contributed by atoms with Gasteiger partial charge >= 0.3 is 0 Å². The topological polar surface area (TPSA) is 23.5 Å². The van der Waals surface area contributed by atoms with Crippen molar-refractivity contribution in [3.8, 4) is 0 Å². The minimum Gasteiger partial charge on any atom is -0.387 e. The number of aliphatic hydroxyl groups excluding tert-OH is 1. The number of halogens is 1. The van der Waals surface area contributed by atoms with Gasteiger partial charge in [-0.2, -0.15) is 0 Å². The van der Waals surface area contributed by atoms with Gasteiger partial charge in [-0.25, -0.2) is 4.39 Å². The second-order valence-corrected chi connectivity index (χ2v) is 5.09. The van der Waals surface area contributed by atoms with Crippen molar-refractivity contribution in [2.24, 2.45) is 0 Å². The number of hydrogen-bond donors (Lipinski definition) is 1. The first kappa shape index (κ1) is 13.5. The molecule has 0 saturated heterocycles. The van der Waals surface area contributed by atoms with Crippen LogP contribution >= 0.6 is 0 Å². The van der Waals surface area contributed by atoms with E-state index >= 15 is 0 Å². The standard InChI is InChI=1S/C15H22FNO/c1-2-17(14-5-3-4-6-14)11-15(18)12-7-9-13(16)10-8-12/h7-10,14-15,18H,2-6,11H2,1H3. The van der Waals surface area contributed by atoms with Crippen LogP contribution in [0.5, 0.6) is 0 Å². The molecular weight excluding hydrogens is 229 g/mol. The third-order valence-corrected chi connectivity index (χ3v) is 3.91. The predicted molar refractivity (Wildman–Crippen MR) is 70.9 cm³/mol. The Hall–Kier alpha value is -0.930. The highest BCUT2D eigenvalue weighted by Gasteiger charge is 2.23. The summed E-state index contributed by atoms with van der Waals surface area (Å²) in [5.74, 6) is -0.255. The molecule has 1 saturated carbocycles. The Labute approximate surface area is 108 Å². The molecule has 1 aliphatic carbocycles. The van der Waals surface area contributed by atoms with E-state index in [1.54, 1.807) is 12.1 Å². The normalized spacial score (nSPS) is 18.4. The maximum absolute atomic E-state index is 12.8. The van der Waals surface area contributed by atoms with Gasteiger partial charge in [-0.3, -0.25) is 4.90 Å². The van der Waals surface area contributed by atoms with Crippen molar-refractivity contribution in [1.82, 2.24) is 4.90 Å². The van der Waals surface area contributed by atoms with E-state index in [4.69, 9.17) is 0 Å². The van der Waals surface area contributed by atoms with Crippen molar-refractivity contribution in [3.05, 3.63) is 35.6 Å². The fourth-order valence-corrected chi connectivity index (χ4v) is 2.82. The molecule has 18 heavy (non-hydrogen) atoms. The lowest BCUT2D eigenvalue weighted by atomic mass is 10.1. The number of benzene rings is 1.